The molecule has 0 spiro atoms. The van der Waals surface area contributed by atoms with Crippen LogP contribution >= 0.6 is 11.8 Å². The first-order chi connectivity index (χ1) is 9.69. The Morgan fingerprint density at radius 2 is 2.30 bits per heavy atom. The maximum Gasteiger partial charge on any atom is 0.234 e. The maximum absolute atomic E-state index is 11.8. The fourth-order valence-electron chi connectivity index (χ4n) is 1.47. The van der Waals surface area contributed by atoms with Crippen molar-refractivity contribution in [3.05, 3.63) is 36.8 Å². The van der Waals surface area contributed by atoms with E-state index in [2.05, 4.69) is 15.3 Å². The van der Waals surface area contributed by atoms with Gasteiger partial charge in [-0.15, -0.1) is 0 Å². The highest BCUT2D eigenvalue weighted by molar-refractivity contribution is 7.99. The van der Waals surface area contributed by atoms with Crippen LogP contribution in [0.2, 0.25) is 0 Å². The Morgan fingerprint density at radius 3 is 2.95 bits per heavy atom. The van der Waals surface area contributed by atoms with Crippen LogP contribution in [0.15, 0.2) is 41.8 Å². The van der Waals surface area contributed by atoms with Gasteiger partial charge in [0.2, 0.25) is 5.91 Å². The number of carbonyl (C=O) groups is 1. The summed E-state index contributed by atoms with van der Waals surface area (Å²) in [6.07, 6.45) is 3.08. The van der Waals surface area contributed by atoms with Crippen LogP contribution in [0.4, 0.5) is 11.4 Å². The quantitative estimate of drug-likeness (QED) is 0.496. The monoisotopic (exact) mass is 290 g/mol. The van der Waals surface area contributed by atoms with Crippen LogP contribution in [0.5, 0.6) is 5.75 Å². The summed E-state index contributed by atoms with van der Waals surface area (Å²) in [7, 11) is 1.56. The highest BCUT2D eigenvalue weighted by Gasteiger charge is 2.07. The van der Waals surface area contributed by atoms with Crippen molar-refractivity contribution in [1.82, 2.24) is 9.97 Å². The molecule has 0 saturated heterocycles. The number of carbonyl (C=O) groups excluding carboxylic acids is 1. The molecular formula is C13H14N4O2S. The average Bonchev–Trinajstić information content (AvgIpc) is 2.48. The van der Waals surface area contributed by atoms with E-state index in [1.54, 1.807) is 37.6 Å². The Morgan fingerprint density at radius 1 is 1.45 bits per heavy atom. The number of methoxy groups -OCH3 is 1. The fourth-order valence-corrected chi connectivity index (χ4v) is 2.10. The van der Waals surface area contributed by atoms with E-state index in [1.807, 2.05) is 0 Å². The Hall–Kier alpha value is -2.28. The fraction of sp³-hybridized carbons (Fsp3) is 0.154. The molecule has 0 bridgehead atoms. The molecule has 0 aliphatic carbocycles. The Kier molecular flexibility index (Phi) is 4.78. The SMILES string of the molecule is COc1ccc(NC(=O)CSc2ccncn2)c(N)c1. The van der Waals surface area contributed by atoms with Crippen LogP contribution in [0.3, 0.4) is 0 Å². The zero-order chi connectivity index (χ0) is 14.4. The molecule has 104 valence electrons. The smallest absolute Gasteiger partial charge is 0.234 e. The Balaban J connectivity index is 1.91. The minimum Gasteiger partial charge on any atom is -0.497 e. The van der Waals surface area contributed by atoms with Crippen molar-refractivity contribution in [2.45, 2.75) is 5.03 Å². The van der Waals surface area contributed by atoms with Gasteiger partial charge in [-0.05, 0) is 18.2 Å². The molecule has 2 aromatic rings. The summed E-state index contributed by atoms with van der Waals surface area (Å²) < 4.78 is 5.05. The molecule has 0 aliphatic heterocycles. The van der Waals surface area contributed by atoms with Crippen LogP contribution < -0.4 is 15.8 Å². The van der Waals surface area contributed by atoms with Crippen molar-refractivity contribution in [3.8, 4) is 5.75 Å². The van der Waals surface area contributed by atoms with E-state index in [4.69, 9.17) is 10.5 Å². The number of aromatic nitrogens is 2. The molecule has 0 aliphatic rings. The van der Waals surface area contributed by atoms with E-state index in [1.165, 1.54) is 18.1 Å². The number of nitrogen functional groups attached to an aromatic ring is 1. The number of nitrogens with one attached hydrogen (secondary N) is 1. The molecule has 3 N–H and O–H groups in total. The van der Waals surface area contributed by atoms with Gasteiger partial charge >= 0.3 is 0 Å². The molecule has 6 nitrogen and oxygen atoms in total. The summed E-state index contributed by atoms with van der Waals surface area (Å²) in [6, 6.07) is 6.86. The highest BCUT2D eigenvalue weighted by Crippen LogP contribution is 2.24. The van der Waals surface area contributed by atoms with E-state index < -0.39 is 0 Å². The first-order valence-electron chi connectivity index (χ1n) is 5.81. The molecule has 2 rings (SSSR count). The zero-order valence-electron chi connectivity index (χ0n) is 10.9. The predicted molar refractivity (Wildman–Crippen MR) is 78.8 cm³/mol. The van der Waals surface area contributed by atoms with Gasteiger partial charge in [0.15, 0.2) is 0 Å². The van der Waals surface area contributed by atoms with Crippen molar-refractivity contribution in [2.24, 2.45) is 0 Å². The molecule has 20 heavy (non-hydrogen) atoms. The molecule has 0 fully saturated rings. The summed E-state index contributed by atoms with van der Waals surface area (Å²) in [5.74, 6) is 0.754. The molecule has 7 heteroatoms. The minimum atomic E-state index is -0.148. The number of anilines is 2. The summed E-state index contributed by atoms with van der Waals surface area (Å²) in [4.78, 5) is 19.7. The van der Waals surface area contributed by atoms with E-state index in [9.17, 15) is 4.79 Å². The van der Waals surface area contributed by atoms with Crippen molar-refractivity contribution in [3.63, 3.8) is 0 Å². The number of hydrogen-bond donors (Lipinski definition) is 2. The summed E-state index contributed by atoms with van der Waals surface area (Å²) in [6.45, 7) is 0. The number of amides is 1. The third-order valence-corrected chi connectivity index (χ3v) is 3.38. The van der Waals surface area contributed by atoms with Crippen molar-refractivity contribution in [2.75, 3.05) is 23.9 Å². The molecule has 1 amide bonds. The lowest BCUT2D eigenvalue weighted by Gasteiger charge is -2.09. The summed E-state index contributed by atoms with van der Waals surface area (Å²) in [5, 5.41) is 3.50. The third kappa shape index (κ3) is 3.86. The lowest BCUT2D eigenvalue weighted by atomic mass is 10.2. The van der Waals surface area contributed by atoms with E-state index >= 15 is 0 Å². The molecule has 0 saturated carbocycles. The van der Waals surface area contributed by atoms with Gasteiger partial charge in [-0.25, -0.2) is 9.97 Å². The zero-order valence-corrected chi connectivity index (χ0v) is 11.7. The van der Waals surface area contributed by atoms with Crippen LogP contribution in [0, 0.1) is 0 Å². The highest BCUT2D eigenvalue weighted by atomic mass is 32.2. The van der Waals surface area contributed by atoms with Gasteiger partial charge in [-0.3, -0.25) is 4.79 Å². The second-order valence-corrected chi connectivity index (χ2v) is 4.83. The number of rotatable bonds is 5. The van der Waals surface area contributed by atoms with Crippen LogP contribution in [-0.2, 0) is 4.79 Å². The van der Waals surface area contributed by atoms with E-state index in [0.717, 1.165) is 5.03 Å². The first kappa shape index (κ1) is 14.1. The topological polar surface area (TPSA) is 90.1 Å². The number of nitrogens with two attached hydrogens (primary N) is 1. The standard InChI is InChI=1S/C13H14N4O2S/c1-19-9-2-3-11(10(14)6-9)17-12(18)7-20-13-4-5-15-8-16-13/h2-6,8H,7,14H2,1H3,(H,17,18). The third-order valence-electron chi connectivity index (χ3n) is 2.44. The van der Waals surface area contributed by atoms with Gasteiger partial charge in [0, 0.05) is 12.3 Å². The van der Waals surface area contributed by atoms with Gasteiger partial charge in [-0.2, -0.15) is 0 Å². The molecular weight excluding hydrogens is 276 g/mol. The molecule has 0 unspecified atom stereocenters. The van der Waals surface area contributed by atoms with Gasteiger partial charge in [0.05, 0.1) is 29.3 Å². The number of hydrogen-bond acceptors (Lipinski definition) is 6. The number of ether oxygens (including phenoxy) is 1. The number of thioether (sulfide) groups is 1. The Bertz CT molecular complexity index is 592. The van der Waals surface area contributed by atoms with Gasteiger partial charge in [0.1, 0.15) is 12.1 Å². The summed E-state index contributed by atoms with van der Waals surface area (Å²) >= 11 is 1.33. The largest absolute Gasteiger partial charge is 0.497 e. The molecule has 0 atom stereocenters. The van der Waals surface area contributed by atoms with Crippen molar-refractivity contribution >= 4 is 29.0 Å². The molecule has 1 aromatic carbocycles. The Labute approximate surface area is 120 Å². The van der Waals surface area contributed by atoms with Crippen molar-refractivity contribution < 1.29 is 9.53 Å². The molecule has 0 radical (unpaired) electrons. The van der Waals surface area contributed by atoms with E-state index in [-0.39, 0.29) is 11.7 Å². The minimum absolute atomic E-state index is 0.148. The van der Waals surface area contributed by atoms with Gasteiger partial charge in [-0.1, -0.05) is 11.8 Å². The van der Waals surface area contributed by atoms with Crippen LogP contribution in [0.25, 0.3) is 0 Å². The number of benzene rings is 1. The lowest BCUT2D eigenvalue weighted by Crippen LogP contribution is -2.15. The maximum atomic E-state index is 11.8. The normalized spacial score (nSPS) is 10.1. The predicted octanol–water partition coefficient (Wildman–Crippen LogP) is 1.80. The van der Waals surface area contributed by atoms with E-state index in [0.29, 0.717) is 17.1 Å². The molecule has 1 aromatic heterocycles. The van der Waals surface area contributed by atoms with Crippen LogP contribution in [0.1, 0.15) is 0 Å². The van der Waals surface area contributed by atoms with Gasteiger partial charge < -0.3 is 15.8 Å². The van der Waals surface area contributed by atoms with Gasteiger partial charge in [0.25, 0.3) is 0 Å². The lowest BCUT2D eigenvalue weighted by molar-refractivity contribution is -0.113. The molecule has 1 heterocycles. The van der Waals surface area contributed by atoms with Crippen molar-refractivity contribution in [1.29, 1.82) is 0 Å². The average molecular weight is 290 g/mol. The summed E-state index contributed by atoms with van der Waals surface area (Å²) in [5.41, 5.74) is 6.86. The second kappa shape index (κ2) is 6.76. The first-order valence-corrected chi connectivity index (χ1v) is 6.80. The second-order valence-electron chi connectivity index (χ2n) is 3.84. The van der Waals surface area contributed by atoms with Crippen LogP contribution in [-0.4, -0.2) is 28.7 Å². The number of nitrogens with zero attached hydrogens (tertiary/aromatic N) is 2.